The Kier molecular flexibility index (Phi) is 3.87. The molecule has 0 aliphatic rings. The second-order valence-electron chi connectivity index (χ2n) is 5.24. The van der Waals surface area contributed by atoms with Crippen molar-refractivity contribution in [3.8, 4) is 0 Å². The van der Waals surface area contributed by atoms with Crippen molar-refractivity contribution in [3.05, 3.63) is 65.6 Å². The number of nitrogens with zero attached hydrogens (tertiary/aromatic N) is 2. The Labute approximate surface area is 127 Å². The van der Waals surface area contributed by atoms with Crippen LogP contribution < -0.4 is 0 Å². The fraction of sp³-hybridized carbons (Fsp3) is 0.176. The van der Waals surface area contributed by atoms with Crippen LogP contribution in [0.1, 0.15) is 11.3 Å². The zero-order valence-corrected chi connectivity index (χ0v) is 12.2. The van der Waals surface area contributed by atoms with Gasteiger partial charge in [-0.25, -0.2) is 4.39 Å². The summed E-state index contributed by atoms with van der Waals surface area (Å²) in [6, 6.07) is 14.1. The summed E-state index contributed by atoms with van der Waals surface area (Å²) in [5, 5.41) is 8.02. The third-order valence-corrected chi connectivity index (χ3v) is 3.66. The Morgan fingerprint density at radius 1 is 1.18 bits per heavy atom. The lowest BCUT2D eigenvalue weighted by Crippen LogP contribution is -2.28. The van der Waals surface area contributed by atoms with Gasteiger partial charge in [-0.05, 0) is 12.1 Å². The van der Waals surface area contributed by atoms with Crippen LogP contribution >= 0.6 is 0 Å². The van der Waals surface area contributed by atoms with Gasteiger partial charge in [0.25, 0.3) is 0 Å². The SMILES string of the molecule is CN(Cc1ccccc1F)C(=O)Cc1[nH]nc2ccccc12. The minimum atomic E-state index is -0.297. The Morgan fingerprint density at radius 3 is 2.73 bits per heavy atom. The maximum Gasteiger partial charge on any atom is 0.228 e. The number of hydrogen-bond acceptors (Lipinski definition) is 2. The van der Waals surface area contributed by atoms with E-state index in [0.29, 0.717) is 5.56 Å². The molecule has 0 fully saturated rings. The molecule has 1 N–H and O–H groups in total. The van der Waals surface area contributed by atoms with E-state index in [9.17, 15) is 9.18 Å². The minimum absolute atomic E-state index is 0.0855. The molecule has 112 valence electrons. The normalized spacial score (nSPS) is 10.8. The first-order valence-corrected chi connectivity index (χ1v) is 7.04. The molecule has 3 rings (SSSR count). The van der Waals surface area contributed by atoms with Crippen LogP contribution in [-0.4, -0.2) is 28.1 Å². The summed E-state index contributed by atoms with van der Waals surface area (Å²) in [4.78, 5) is 13.8. The van der Waals surface area contributed by atoms with Crippen LogP contribution in [0.25, 0.3) is 10.9 Å². The van der Waals surface area contributed by atoms with Gasteiger partial charge in [0.15, 0.2) is 0 Å². The first-order chi connectivity index (χ1) is 10.6. The van der Waals surface area contributed by atoms with Gasteiger partial charge in [0.05, 0.1) is 17.6 Å². The van der Waals surface area contributed by atoms with Crippen LogP contribution in [0, 0.1) is 5.82 Å². The van der Waals surface area contributed by atoms with Crippen molar-refractivity contribution in [1.82, 2.24) is 15.1 Å². The van der Waals surface area contributed by atoms with Crippen LogP contribution in [0.4, 0.5) is 4.39 Å². The van der Waals surface area contributed by atoms with E-state index in [-0.39, 0.29) is 24.7 Å². The van der Waals surface area contributed by atoms with Crippen molar-refractivity contribution in [2.75, 3.05) is 7.05 Å². The van der Waals surface area contributed by atoms with Gasteiger partial charge in [0.2, 0.25) is 5.91 Å². The number of carbonyl (C=O) groups is 1. The number of aromatic amines is 1. The smallest absolute Gasteiger partial charge is 0.228 e. The molecule has 5 heteroatoms. The van der Waals surface area contributed by atoms with E-state index in [0.717, 1.165) is 16.6 Å². The first kappa shape index (κ1) is 14.3. The largest absolute Gasteiger partial charge is 0.341 e. The van der Waals surface area contributed by atoms with Crippen LogP contribution in [0.3, 0.4) is 0 Å². The molecule has 1 aromatic heterocycles. The van der Waals surface area contributed by atoms with E-state index in [1.807, 2.05) is 24.3 Å². The van der Waals surface area contributed by atoms with Crippen molar-refractivity contribution in [2.24, 2.45) is 0 Å². The van der Waals surface area contributed by atoms with E-state index >= 15 is 0 Å². The second kappa shape index (κ2) is 5.97. The quantitative estimate of drug-likeness (QED) is 0.805. The van der Waals surface area contributed by atoms with Gasteiger partial charge >= 0.3 is 0 Å². The van der Waals surface area contributed by atoms with E-state index in [1.165, 1.54) is 11.0 Å². The molecular formula is C17H16FN3O. The molecule has 0 saturated heterocycles. The van der Waals surface area contributed by atoms with Crippen LogP contribution in [0.2, 0.25) is 0 Å². The van der Waals surface area contributed by atoms with Crippen LogP contribution in [0.15, 0.2) is 48.5 Å². The molecule has 0 spiro atoms. The average molecular weight is 297 g/mol. The molecule has 0 bridgehead atoms. The van der Waals surface area contributed by atoms with Crippen molar-refractivity contribution in [1.29, 1.82) is 0 Å². The molecule has 0 aliphatic carbocycles. The van der Waals surface area contributed by atoms with E-state index in [2.05, 4.69) is 10.2 Å². The second-order valence-corrected chi connectivity index (χ2v) is 5.24. The summed E-state index contributed by atoms with van der Waals surface area (Å²) in [5.74, 6) is -0.383. The predicted molar refractivity (Wildman–Crippen MR) is 82.7 cm³/mol. The predicted octanol–water partition coefficient (Wildman–Crippen LogP) is 2.90. The van der Waals surface area contributed by atoms with Gasteiger partial charge in [0, 0.05) is 24.5 Å². The van der Waals surface area contributed by atoms with Crippen molar-refractivity contribution in [2.45, 2.75) is 13.0 Å². The van der Waals surface area contributed by atoms with Crippen molar-refractivity contribution < 1.29 is 9.18 Å². The van der Waals surface area contributed by atoms with Crippen molar-refractivity contribution >= 4 is 16.8 Å². The number of carbonyl (C=O) groups excluding carboxylic acids is 1. The zero-order valence-electron chi connectivity index (χ0n) is 12.2. The van der Waals surface area contributed by atoms with Crippen LogP contribution in [0.5, 0.6) is 0 Å². The Hall–Kier alpha value is -2.69. The Balaban J connectivity index is 1.73. The van der Waals surface area contributed by atoms with Crippen LogP contribution in [-0.2, 0) is 17.8 Å². The fourth-order valence-electron chi connectivity index (χ4n) is 2.41. The van der Waals surface area contributed by atoms with Gasteiger partial charge in [-0.3, -0.25) is 9.89 Å². The maximum absolute atomic E-state index is 13.6. The number of hydrogen-bond donors (Lipinski definition) is 1. The lowest BCUT2D eigenvalue weighted by molar-refractivity contribution is -0.129. The topological polar surface area (TPSA) is 49.0 Å². The van der Waals surface area contributed by atoms with E-state index in [4.69, 9.17) is 0 Å². The number of benzene rings is 2. The number of H-pyrrole nitrogens is 1. The number of halogens is 1. The molecule has 0 unspecified atom stereocenters. The molecular weight excluding hydrogens is 281 g/mol. The van der Waals surface area contributed by atoms with Gasteiger partial charge < -0.3 is 4.90 Å². The van der Waals surface area contributed by atoms with Crippen molar-refractivity contribution in [3.63, 3.8) is 0 Å². The third kappa shape index (κ3) is 2.83. The zero-order chi connectivity index (χ0) is 15.5. The lowest BCUT2D eigenvalue weighted by Gasteiger charge is -2.17. The summed E-state index contributed by atoms with van der Waals surface area (Å²) in [6.07, 6.45) is 0.214. The average Bonchev–Trinajstić information content (AvgIpc) is 2.93. The highest BCUT2D eigenvalue weighted by molar-refractivity contribution is 5.87. The molecule has 1 heterocycles. The molecule has 22 heavy (non-hydrogen) atoms. The Bertz CT molecular complexity index is 812. The third-order valence-electron chi connectivity index (χ3n) is 3.66. The van der Waals surface area contributed by atoms with E-state index < -0.39 is 0 Å². The monoisotopic (exact) mass is 297 g/mol. The summed E-state index contributed by atoms with van der Waals surface area (Å²) < 4.78 is 13.6. The van der Waals surface area contributed by atoms with Gasteiger partial charge in [-0.1, -0.05) is 36.4 Å². The highest BCUT2D eigenvalue weighted by Gasteiger charge is 2.15. The molecule has 0 aliphatic heterocycles. The number of fused-ring (bicyclic) bond motifs is 1. The summed E-state index contributed by atoms with van der Waals surface area (Å²) >= 11 is 0. The number of aromatic nitrogens is 2. The number of likely N-dealkylation sites (N-methyl/N-ethyl adjacent to an activating group) is 1. The number of amides is 1. The standard InChI is InChI=1S/C17H16FN3O/c1-21(11-12-6-2-4-8-14(12)18)17(22)10-16-13-7-3-5-9-15(13)19-20-16/h2-9H,10-11H2,1H3,(H,19,20). The fourth-order valence-corrected chi connectivity index (χ4v) is 2.41. The summed E-state index contributed by atoms with van der Waals surface area (Å²) in [5.41, 5.74) is 2.12. The van der Waals surface area contributed by atoms with E-state index in [1.54, 1.807) is 25.2 Å². The molecule has 0 atom stereocenters. The summed E-state index contributed by atoms with van der Waals surface area (Å²) in [7, 11) is 1.67. The number of nitrogens with one attached hydrogen (secondary N) is 1. The maximum atomic E-state index is 13.6. The number of rotatable bonds is 4. The molecule has 4 nitrogen and oxygen atoms in total. The molecule has 2 aromatic carbocycles. The molecule has 0 saturated carbocycles. The first-order valence-electron chi connectivity index (χ1n) is 7.04. The minimum Gasteiger partial charge on any atom is -0.341 e. The molecule has 3 aromatic rings. The van der Waals surface area contributed by atoms with Gasteiger partial charge in [-0.15, -0.1) is 0 Å². The van der Waals surface area contributed by atoms with Gasteiger partial charge in [-0.2, -0.15) is 5.10 Å². The number of para-hydroxylation sites is 1. The lowest BCUT2D eigenvalue weighted by atomic mass is 10.1. The summed E-state index contributed by atoms with van der Waals surface area (Å²) in [6.45, 7) is 0.248. The highest BCUT2D eigenvalue weighted by atomic mass is 19.1. The molecule has 0 radical (unpaired) electrons. The van der Waals surface area contributed by atoms with Gasteiger partial charge in [0.1, 0.15) is 5.82 Å². The Morgan fingerprint density at radius 2 is 1.91 bits per heavy atom. The molecule has 1 amide bonds. The highest BCUT2D eigenvalue weighted by Crippen LogP contribution is 2.16.